The van der Waals surface area contributed by atoms with Crippen LogP contribution in [0.25, 0.3) is 22.0 Å². The molecule has 0 saturated carbocycles. The minimum atomic E-state index is 1.03. The SMILES string of the molecule is CCc1ccccc1-c1cc2ccccc2cn1. The van der Waals surface area contributed by atoms with Crippen LogP contribution >= 0.6 is 0 Å². The van der Waals surface area contributed by atoms with Crippen molar-refractivity contribution in [2.75, 3.05) is 0 Å². The van der Waals surface area contributed by atoms with Crippen LogP contribution in [0.2, 0.25) is 0 Å². The van der Waals surface area contributed by atoms with Gasteiger partial charge in [-0.3, -0.25) is 4.98 Å². The maximum atomic E-state index is 4.59. The normalized spacial score (nSPS) is 10.7. The largest absolute Gasteiger partial charge is 0.256 e. The summed E-state index contributed by atoms with van der Waals surface area (Å²) in [5.41, 5.74) is 3.65. The number of aromatic nitrogens is 1. The summed E-state index contributed by atoms with van der Waals surface area (Å²) in [5, 5.41) is 2.43. The second-order valence-electron chi connectivity index (χ2n) is 4.43. The number of benzene rings is 2. The Kier molecular flexibility index (Phi) is 2.81. The van der Waals surface area contributed by atoms with E-state index in [9.17, 15) is 0 Å². The lowest BCUT2D eigenvalue weighted by Crippen LogP contribution is -1.90. The van der Waals surface area contributed by atoms with Crippen molar-refractivity contribution in [1.82, 2.24) is 4.98 Å². The van der Waals surface area contributed by atoms with E-state index in [-0.39, 0.29) is 0 Å². The average molecular weight is 233 g/mol. The fourth-order valence-electron chi connectivity index (χ4n) is 2.31. The Hall–Kier alpha value is -2.15. The van der Waals surface area contributed by atoms with Crippen molar-refractivity contribution in [3.63, 3.8) is 0 Å². The van der Waals surface area contributed by atoms with E-state index in [1.54, 1.807) is 0 Å². The number of pyridine rings is 1. The summed E-state index contributed by atoms with van der Waals surface area (Å²) in [5.74, 6) is 0. The highest BCUT2D eigenvalue weighted by molar-refractivity contribution is 5.85. The number of hydrogen-bond acceptors (Lipinski definition) is 1. The summed E-state index contributed by atoms with van der Waals surface area (Å²) in [7, 11) is 0. The summed E-state index contributed by atoms with van der Waals surface area (Å²) in [6.07, 6.45) is 2.99. The van der Waals surface area contributed by atoms with Gasteiger partial charge in [0.15, 0.2) is 0 Å². The molecule has 0 bridgehead atoms. The number of nitrogens with zero attached hydrogens (tertiary/aromatic N) is 1. The maximum absolute atomic E-state index is 4.59. The van der Waals surface area contributed by atoms with Gasteiger partial charge in [-0.25, -0.2) is 0 Å². The van der Waals surface area contributed by atoms with E-state index in [1.165, 1.54) is 21.9 Å². The predicted octanol–water partition coefficient (Wildman–Crippen LogP) is 4.46. The molecule has 3 rings (SSSR count). The molecule has 0 amide bonds. The first-order valence-corrected chi connectivity index (χ1v) is 6.31. The lowest BCUT2D eigenvalue weighted by Gasteiger charge is -2.07. The van der Waals surface area contributed by atoms with Crippen LogP contribution in [0.4, 0.5) is 0 Å². The Morgan fingerprint density at radius 1 is 0.889 bits per heavy atom. The third kappa shape index (κ3) is 1.88. The van der Waals surface area contributed by atoms with Gasteiger partial charge in [0.2, 0.25) is 0 Å². The van der Waals surface area contributed by atoms with Crippen molar-refractivity contribution in [1.29, 1.82) is 0 Å². The molecule has 0 saturated heterocycles. The Morgan fingerprint density at radius 3 is 2.44 bits per heavy atom. The maximum Gasteiger partial charge on any atom is 0.0711 e. The summed E-state index contributed by atoms with van der Waals surface area (Å²) in [4.78, 5) is 4.59. The van der Waals surface area contributed by atoms with Gasteiger partial charge in [0.05, 0.1) is 5.69 Å². The molecule has 0 atom stereocenters. The topological polar surface area (TPSA) is 12.9 Å². The van der Waals surface area contributed by atoms with Crippen LogP contribution in [0.5, 0.6) is 0 Å². The van der Waals surface area contributed by atoms with E-state index in [0.29, 0.717) is 0 Å². The zero-order chi connectivity index (χ0) is 12.4. The fraction of sp³-hybridized carbons (Fsp3) is 0.118. The highest BCUT2D eigenvalue weighted by Gasteiger charge is 2.04. The molecule has 0 aliphatic carbocycles. The van der Waals surface area contributed by atoms with E-state index < -0.39 is 0 Å². The van der Waals surface area contributed by atoms with Gasteiger partial charge in [0.25, 0.3) is 0 Å². The van der Waals surface area contributed by atoms with Gasteiger partial charge >= 0.3 is 0 Å². The second kappa shape index (κ2) is 4.61. The Balaban J connectivity index is 2.19. The highest BCUT2D eigenvalue weighted by Crippen LogP contribution is 2.25. The smallest absolute Gasteiger partial charge is 0.0711 e. The van der Waals surface area contributed by atoms with E-state index in [1.807, 2.05) is 12.3 Å². The van der Waals surface area contributed by atoms with Gasteiger partial charge in [-0.2, -0.15) is 0 Å². The zero-order valence-electron chi connectivity index (χ0n) is 10.4. The number of fused-ring (bicyclic) bond motifs is 1. The minimum absolute atomic E-state index is 1.03. The summed E-state index contributed by atoms with van der Waals surface area (Å²) >= 11 is 0. The molecule has 3 aromatic rings. The van der Waals surface area contributed by atoms with E-state index in [4.69, 9.17) is 0 Å². The van der Waals surface area contributed by atoms with Crippen molar-refractivity contribution in [2.24, 2.45) is 0 Å². The van der Waals surface area contributed by atoms with Gasteiger partial charge in [0.1, 0.15) is 0 Å². The van der Waals surface area contributed by atoms with Crippen LogP contribution in [0.1, 0.15) is 12.5 Å². The molecule has 0 unspecified atom stereocenters. The van der Waals surface area contributed by atoms with Gasteiger partial charge in [0, 0.05) is 17.1 Å². The molecule has 0 aliphatic heterocycles. The molecule has 0 N–H and O–H groups in total. The highest BCUT2D eigenvalue weighted by atomic mass is 14.7. The van der Waals surface area contributed by atoms with Gasteiger partial charge in [-0.15, -0.1) is 0 Å². The van der Waals surface area contributed by atoms with Crippen molar-refractivity contribution in [2.45, 2.75) is 13.3 Å². The van der Waals surface area contributed by atoms with Crippen LogP contribution < -0.4 is 0 Å². The lowest BCUT2D eigenvalue weighted by molar-refractivity contribution is 1.14. The molecule has 1 aromatic heterocycles. The minimum Gasteiger partial charge on any atom is -0.256 e. The molecule has 1 nitrogen and oxygen atoms in total. The third-order valence-corrected chi connectivity index (χ3v) is 3.31. The molecule has 2 aromatic carbocycles. The fourth-order valence-corrected chi connectivity index (χ4v) is 2.31. The standard InChI is InChI=1S/C17H15N/c1-2-13-7-5-6-10-16(13)17-11-14-8-3-4-9-15(14)12-18-17/h3-12H,2H2,1H3. The van der Waals surface area contributed by atoms with Gasteiger partial charge < -0.3 is 0 Å². The number of aryl methyl sites for hydroxylation is 1. The molecule has 0 aliphatic rings. The molecule has 0 spiro atoms. The Labute approximate surface area is 107 Å². The van der Waals surface area contributed by atoms with E-state index in [0.717, 1.165) is 12.1 Å². The second-order valence-corrected chi connectivity index (χ2v) is 4.43. The van der Waals surface area contributed by atoms with Crippen LogP contribution in [0, 0.1) is 0 Å². The quantitative estimate of drug-likeness (QED) is 0.636. The summed E-state index contributed by atoms with van der Waals surface area (Å²) in [6, 6.07) is 19.0. The molecule has 1 heterocycles. The van der Waals surface area contributed by atoms with Gasteiger partial charge in [-0.05, 0) is 23.4 Å². The van der Waals surface area contributed by atoms with E-state index >= 15 is 0 Å². The average Bonchev–Trinajstić information content (AvgIpc) is 2.46. The third-order valence-electron chi connectivity index (χ3n) is 3.31. The van der Waals surface area contributed by atoms with E-state index in [2.05, 4.69) is 60.4 Å². The van der Waals surface area contributed by atoms with Crippen molar-refractivity contribution in [3.8, 4) is 11.3 Å². The Bertz CT molecular complexity index is 686. The van der Waals surface area contributed by atoms with Gasteiger partial charge in [-0.1, -0.05) is 55.5 Å². The Morgan fingerprint density at radius 2 is 1.61 bits per heavy atom. The predicted molar refractivity (Wildman–Crippen MR) is 76.6 cm³/mol. The van der Waals surface area contributed by atoms with Crippen molar-refractivity contribution >= 4 is 10.8 Å². The molecule has 0 fully saturated rings. The first-order chi connectivity index (χ1) is 8.88. The van der Waals surface area contributed by atoms with Crippen LogP contribution in [0.3, 0.4) is 0 Å². The monoisotopic (exact) mass is 233 g/mol. The zero-order valence-corrected chi connectivity index (χ0v) is 10.4. The number of hydrogen-bond donors (Lipinski definition) is 0. The first-order valence-electron chi connectivity index (χ1n) is 6.31. The first kappa shape index (κ1) is 11.0. The molecular formula is C17H15N. The molecule has 0 radical (unpaired) electrons. The molecule has 18 heavy (non-hydrogen) atoms. The molecular weight excluding hydrogens is 218 g/mol. The lowest BCUT2D eigenvalue weighted by atomic mass is 10.0. The summed E-state index contributed by atoms with van der Waals surface area (Å²) < 4.78 is 0. The van der Waals surface area contributed by atoms with Crippen molar-refractivity contribution in [3.05, 3.63) is 66.4 Å². The number of rotatable bonds is 2. The molecule has 88 valence electrons. The van der Waals surface area contributed by atoms with Crippen LogP contribution in [-0.4, -0.2) is 4.98 Å². The summed E-state index contributed by atoms with van der Waals surface area (Å²) in [6.45, 7) is 2.18. The van der Waals surface area contributed by atoms with Crippen molar-refractivity contribution < 1.29 is 0 Å². The van der Waals surface area contributed by atoms with Crippen LogP contribution in [-0.2, 0) is 6.42 Å². The molecule has 1 heteroatoms. The van der Waals surface area contributed by atoms with Crippen LogP contribution in [0.15, 0.2) is 60.8 Å².